The Morgan fingerprint density at radius 2 is 2.15 bits per heavy atom. The van der Waals surface area contributed by atoms with Crippen molar-refractivity contribution >= 4 is 17.2 Å². The molecule has 20 heavy (non-hydrogen) atoms. The lowest BCUT2D eigenvalue weighted by Gasteiger charge is -2.43. The van der Waals surface area contributed by atoms with E-state index in [0.29, 0.717) is 30.2 Å². The van der Waals surface area contributed by atoms with Crippen LogP contribution in [0.3, 0.4) is 0 Å². The van der Waals surface area contributed by atoms with Crippen molar-refractivity contribution in [2.75, 3.05) is 13.6 Å². The Hall–Kier alpha value is -0.910. The van der Waals surface area contributed by atoms with Crippen LogP contribution >= 0.6 is 11.3 Å². The number of nitrogens with one attached hydrogen (secondary N) is 3. The monoisotopic (exact) mass is 291 g/mol. The second-order valence-corrected chi connectivity index (χ2v) is 7.32. The quantitative estimate of drug-likeness (QED) is 0.674. The first-order valence-corrected chi connectivity index (χ1v) is 8.46. The number of likely N-dealkylation sites (N-methyl/N-ethyl adjacent to an activating group) is 1. The smallest absolute Gasteiger partial charge is 0.242 e. The van der Waals surface area contributed by atoms with Gasteiger partial charge in [0.2, 0.25) is 5.84 Å². The van der Waals surface area contributed by atoms with Crippen LogP contribution in [0.25, 0.3) is 0 Å². The molecule has 1 aliphatic carbocycles. The predicted molar refractivity (Wildman–Crippen MR) is 82.6 cm³/mol. The van der Waals surface area contributed by atoms with E-state index in [1.54, 1.807) is 0 Å². The fraction of sp³-hybridized carbons (Fsp3) is 0.667. The van der Waals surface area contributed by atoms with Crippen molar-refractivity contribution in [3.63, 3.8) is 0 Å². The molecular formula is C15H23N4S+. The molecule has 5 unspecified atom stereocenters. The highest BCUT2D eigenvalue weighted by molar-refractivity contribution is 7.10. The Morgan fingerprint density at radius 3 is 2.95 bits per heavy atom. The standard InChI is InChI=1S/C15H22N4S/c1-9-17-12-6-10-11(7-14(12)19(9)2)18-13(8-16-10)15-4-3-5-20-15/h3-5,10-14,16,18H,6-8H2,1-2H3/p+1. The molecule has 0 amide bonds. The summed E-state index contributed by atoms with van der Waals surface area (Å²) in [6, 6.07) is 7.35. The number of hydrogen-bond acceptors (Lipinski definition) is 4. The summed E-state index contributed by atoms with van der Waals surface area (Å²) >= 11 is 1.86. The van der Waals surface area contributed by atoms with Crippen LogP contribution in [0, 0.1) is 0 Å². The molecule has 0 radical (unpaired) electrons. The van der Waals surface area contributed by atoms with Gasteiger partial charge in [0, 0.05) is 43.3 Å². The van der Waals surface area contributed by atoms with Gasteiger partial charge in [-0.25, -0.2) is 0 Å². The van der Waals surface area contributed by atoms with E-state index >= 15 is 0 Å². The van der Waals surface area contributed by atoms with E-state index in [-0.39, 0.29) is 0 Å². The Bertz CT molecular complexity index is 524. The van der Waals surface area contributed by atoms with Crippen LogP contribution in [-0.2, 0) is 0 Å². The molecule has 3 aliphatic rings. The van der Waals surface area contributed by atoms with Crippen LogP contribution in [0.1, 0.15) is 30.7 Å². The van der Waals surface area contributed by atoms with E-state index < -0.39 is 0 Å². The fourth-order valence-corrected chi connectivity index (χ4v) is 4.84. The minimum Gasteiger partial charge on any atom is -0.310 e. The first-order valence-electron chi connectivity index (χ1n) is 7.58. The van der Waals surface area contributed by atoms with Gasteiger partial charge in [0.15, 0.2) is 0 Å². The third kappa shape index (κ3) is 2.00. The van der Waals surface area contributed by atoms with E-state index in [1.165, 1.54) is 23.6 Å². The second-order valence-electron chi connectivity index (χ2n) is 6.34. The van der Waals surface area contributed by atoms with Gasteiger partial charge in [0.05, 0.1) is 13.1 Å². The maximum atomic E-state index is 3.89. The summed E-state index contributed by atoms with van der Waals surface area (Å²) in [5, 5.41) is 13.5. The molecule has 4 nitrogen and oxygen atoms in total. The zero-order valence-corrected chi connectivity index (χ0v) is 12.9. The Labute approximate surface area is 124 Å². The van der Waals surface area contributed by atoms with Crippen molar-refractivity contribution < 1.29 is 4.58 Å². The number of amidine groups is 1. The molecule has 4 rings (SSSR count). The van der Waals surface area contributed by atoms with Crippen LogP contribution in [0.5, 0.6) is 0 Å². The van der Waals surface area contributed by atoms with E-state index in [4.69, 9.17) is 0 Å². The molecule has 108 valence electrons. The minimum atomic E-state index is 0.484. The largest absolute Gasteiger partial charge is 0.310 e. The predicted octanol–water partition coefficient (Wildman–Crippen LogP) is 0.914. The Kier molecular flexibility index (Phi) is 3.09. The molecule has 3 heterocycles. The molecule has 1 saturated carbocycles. The van der Waals surface area contributed by atoms with Crippen LogP contribution in [0.4, 0.5) is 0 Å². The average molecular weight is 291 g/mol. The van der Waals surface area contributed by atoms with E-state index in [9.17, 15) is 0 Å². The van der Waals surface area contributed by atoms with Crippen molar-refractivity contribution in [2.45, 2.75) is 50.0 Å². The average Bonchev–Trinajstić information content (AvgIpc) is 3.07. The highest BCUT2D eigenvalue weighted by Crippen LogP contribution is 2.30. The third-order valence-corrected chi connectivity index (χ3v) is 6.25. The van der Waals surface area contributed by atoms with Gasteiger partial charge < -0.3 is 10.6 Å². The molecule has 1 saturated heterocycles. The zero-order chi connectivity index (χ0) is 13.7. The molecule has 1 aromatic heterocycles. The van der Waals surface area contributed by atoms with Crippen LogP contribution in [0.2, 0.25) is 0 Å². The van der Waals surface area contributed by atoms with Gasteiger partial charge in [-0.15, -0.1) is 11.3 Å². The molecule has 2 aliphatic heterocycles. The van der Waals surface area contributed by atoms with Crippen molar-refractivity contribution in [3.8, 4) is 0 Å². The number of hydrogen-bond donors (Lipinski definition) is 3. The number of fused-ring (bicyclic) bond motifs is 2. The topological polar surface area (TPSA) is 39.1 Å². The summed E-state index contributed by atoms with van der Waals surface area (Å²) in [6.07, 6.45) is 2.45. The van der Waals surface area contributed by atoms with Crippen molar-refractivity contribution in [3.05, 3.63) is 22.4 Å². The summed E-state index contributed by atoms with van der Waals surface area (Å²) in [5.41, 5.74) is 0. The lowest BCUT2D eigenvalue weighted by Crippen LogP contribution is -2.64. The van der Waals surface area contributed by atoms with E-state index in [2.05, 4.69) is 52.0 Å². The number of piperazine rings is 1. The lowest BCUT2D eigenvalue weighted by molar-refractivity contribution is -0.535. The molecule has 1 aromatic rings. The van der Waals surface area contributed by atoms with Crippen LogP contribution in [-0.4, -0.2) is 48.2 Å². The van der Waals surface area contributed by atoms with Gasteiger partial charge in [-0.3, -0.25) is 9.89 Å². The minimum absolute atomic E-state index is 0.484. The van der Waals surface area contributed by atoms with Crippen molar-refractivity contribution in [1.29, 1.82) is 0 Å². The first-order chi connectivity index (χ1) is 9.72. The van der Waals surface area contributed by atoms with Crippen molar-refractivity contribution in [1.82, 2.24) is 16.0 Å². The molecule has 0 aromatic carbocycles. The first kappa shape index (κ1) is 12.8. The van der Waals surface area contributed by atoms with E-state index in [1.807, 2.05) is 11.3 Å². The maximum Gasteiger partial charge on any atom is 0.242 e. The third-order valence-electron chi connectivity index (χ3n) is 5.26. The summed E-state index contributed by atoms with van der Waals surface area (Å²) in [7, 11) is 2.22. The summed E-state index contributed by atoms with van der Waals surface area (Å²) in [6.45, 7) is 3.24. The SMILES string of the molecule is CC1=[N+](C)C2CC3NC(c4cccs4)CNC3CC2N1. The molecule has 0 spiro atoms. The summed E-state index contributed by atoms with van der Waals surface area (Å²) < 4.78 is 2.43. The Balaban J connectivity index is 1.51. The van der Waals surface area contributed by atoms with E-state index in [0.717, 1.165) is 6.54 Å². The number of thiophene rings is 1. The lowest BCUT2D eigenvalue weighted by atomic mass is 9.81. The molecule has 2 fully saturated rings. The molecule has 5 heteroatoms. The highest BCUT2D eigenvalue weighted by atomic mass is 32.1. The maximum absolute atomic E-state index is 3.89. The molecule has 3 N–H and O–H groups in total. The zero-order valence-electron chi connectivity index (χ0n) is 12.1. The number of nitrogens with zero attached hydrogens (tertiary/aromatic N) is 1. The number of rotatable bonds is 1. The second kappa shape index (κ2) is 4.83. The van der Waals surface area contributed by atoms with Crippen LogP contribution < -0.4 is 16.0 Å². The molecule has 5 atom stereocenters. The van der Waals surface area contributed by atoms with Gasteiger partial charge in [-0.05, 0) is 11.4 Å². The normalized spacial score (nSPS) is 40.2. The van der Waals surface area contributed by atoms with Gasteiger partial charge in [0.1, 0.15) is 12.1 Å². The van der Waals surface area contributed by atoms with Gasteiger partial charge in [0.25, 0.3) is 0 Å². The highest BCUT2D eigenvalue weighted by Gasteiger charge is 2.47. The van der Waals surface area contributed by atoms with Gasteiger partial charge in [-0.1, -0.05) is 6.07 Å². The Morgan fingerprint density at radius 1 is 1.25 bits per heavy atom. The fourth-order valence-electron chi connectivity index (χ4n) is 4.05. The van der Waals surface area contributed by atoms with Crippen LogP contribution in [0.15, 0.2) is 17.5 Å². The molecular weight excluding hydrogens is 268 g/mol. The van der Waals surface area contributed by atoms with Gasteiger partial charge in [-0.2, -0.15) is 0 Å². The molecule has 0 bridgehead atoms. The van der Waals surface area contributed by atoms with Crippen molar-refractivity contribution in [2.24, 2.45) is 0 Å². The summed E-state index contributed by atoms with van der Waals surface area (Å²) in [5.74, 6) is 1.33. The summed E-state index contributed by atoms with van der Waals surface area (Å²) in [4.78, 5) is 1.46. The van der Waals surface area contributed by atoms with Gasteiger partial charge >= 0.3 is 0 Å².